The lowest BCUT2D eigenvalue weighted by atomic mass is 10.1. The molecule has 1 aromatic rings. The Hall–Kier alpha value is -1.56. The van der Waals surface area contributed by atoms with Crippen molar-refractivity contribution in [2.45, 2.75) is 25.6 Å². The fraction of sp³-hybridized carbons (Fsp3) is 0.462. The third kappa shape index (κ3) is 5.74. The topological polar surface area (TPSA) is 41.1 Å². The largest absolute Gasteiger partial charge is 0.416 e. The van der Waals surface area contributed by atoms with Crippen LogP contribution in [0.1, 0.15) is 24.0 Å². The number of carbonyl (C=O) groups excluding carboxylic acids is 1. The Bertz CT molecular complexity index is 401. The van der Waals surface area contributed by atoms with Gasteiger partial charge in [-0.25, -0.2) is 0 Å². The van der Waals surface area contributed by atoms with Gasteiger partial charge in [0, 0.05) is 20.0 Å². The van der Waals surface area contributed by atoms with Crippen molar-refractivity contribution in [3.05, 3.63) is 35.4 Å². The van der Waals surface area contributed by atoms with E-state index in [2.05, 4.69) is 10.6 Å². The predicted molar refractivity (Wildman–Crippen MR) is 66.5 cm³/mol. The van der Waals surface area contributed by atoms with Gasteiger partial charge < -0.3 is 10.6 Å². The van der Waals surface area contributed by atoms with Gasteiger partial charge in [-0.05, 0) is 30.7 Å². The molecule has 6 heteroatoms. The molecule has 0 bridgehead atoms. The molecule has 0 radical (unpaired) electrons. The monoisotopic (exact) mass is 274 g/mol. The summed E-state index contributed by atoms with van der Waals surface area (Å²) in [7, 11) is 1.58. The van der Waals surface area contributed by atoms with E-state index in [1.807, 2.05) is 0 Å². The number of benzene rings is 1. The summed E-state index contributed by atoms with van der Waals surface area (Å²) in [6.45, 7) is 1.14. The first-order valence-corrected chi connectivity index (χ1v) is 6.01. The zero-order valence-corrected chi connectivity index (χ0v) is 10.7. The molecule has 3 nitrogen and oxygen atoms in total. The third-order valence-corrected chi connectivity index (χ3v) is 2.65. The van der Waals surface area contributed by atoms with Crippen molar-refractivity contribution in [3.8, 4) is 0 Å². The van der Waals surface area contributed by atoms with Crippen LogP contribution in [-0.4, -0.2) is 19.5 Å². The SMILES string of the molecule is CNC(=O)CCCNCc1ccc(C(F)(F)F)cc1. The Labute approximate surface area is 110 Å². The standard InChI is InChI=1S/C13H17F3N2O/c1-17-12(19)3-2-8-18-9-10-4-6-11(7-5-10)13(14,15)16/h4-7,18H,2-3,8-9H2,1H3,(H,17,19). The fourth-order valence-electron chi connectivity index (χ4n) is 1.54. The second kappa shape index (κ2) is 7.13. The maximum atomic E-state index is 12.3. The number of carbonyl (C=O) groups is 1. The van der Waals surface area contributed by atoms with E-state index in [1.165, 1.54) is 12.1 Å². The van der Waals surface area contributed by atoms with E-state index >= 15 is 0 Å². The van der Waals surface area contributed by atoms with Crippen LogP contribution in [0.15, 0.2) is 24.3 Å². The smallest absolute Gasteiger partial charge is 0.359 e. The van der Waals surface area contributed by atoms with Crippen molar-refractivity contribution in [1.82, 2.24) is 10.6 Å². The number of amides is 1. The predicted octanol–water partition coefficient (Wildman–Crippen LogP) is 2.32. The molecule has 0 spiro atoms. The summed E-state index contributed by atoms with van der Waals surface area (Å²) in [6.07, 6.45) is -3.16. The number of nitrogens with one attached hydrogen (secondary N) is 2. The molecule has 0 aliphatic heterocycles. The number of hydrogen-bond donors (Lipinski definition) is 2. The van der Waals surface area contributed by atoms with Gasteiger partial charge in [0.05, 0.1) is 5.56 Å². The summed E-state index contributed by atoms with van der Waals surface area (Å²) in [5, 5.41) is 5.60. The third-order valence-electron chi connectivity index (χ3n) is 2.65. The number of hydrogen-bond acceptors (Lipinski definition) is 2. The molecule has 0 aliphatic carbocycles. The Kier molecular flexibility index (Phi) is 5.82. The average Bonchev–Trinajstić information content (AvgIpc) is 2.37. The molecule has 0 aromatic heterocycles. The van der Waals surface area contributed by atoms with Crippen molar-refractivity contribution in [1.29, 1.82) is 0 Å². The Morgan fingerprint density at radius 3 is 2.37 bits per heavy atom. The van der Waals surface area contributed by atoms with Crippen LogP contribution in [0.25, 0.3) is 0 Å². The van der Waals surface area contributed by atoms with Gasteiger partial charge >= 0.3 is 6.18 Å². The van der Waals surface area contributed by atoms with E-state index in [9.17, 15) is 18.0 Å². The highest BCUT2D eigenvalue weighted by Crippen LogP contribution is 2.28. The van der Waals surface area contributed by atoms with Crippen LogP contribution in [0.3, 0.4) is 0 Å². The van der Waals surface area contributed by atoms with Gasteiger partial charge in [0.25, 0.3) is 0 Å². The van der Waals surface area contributed by atoms with Crippen molar-refractivity contribution >= 4 is 5.91 Å². The molecule has 0 aliphatic rings. The zero-order valence-electron chi connectivity index (χ0n) is 10.7. The highest BCUT2D eigenvalue weighted by molar-refractivity contribution is 5.75. The van der Waals surface area contributed by atoms with E-state index in [0.29, 0.717) is 25.9 Å². The molecule has 0 heterocycles. The number of rotatable bonds is 6. The maximum absolute atomic E-state index is 12.3. The van der Waals surface area contributed by atoms with Crippen LogP contribution < -0.4 is 10.6 Å². The lowest BCUT2D eigenvalue weighted by Gasteiger charge is -2.08. The minimum absolute atomic E-state index is 0.0173. The first kappa shape index (κ1) is 15.5. The lowest BCUT2D eigenvalue weighted by molar-refractivity contribution is -0.137. The lowest BCUT2D eigenvalue weighted by Crippen LogP contribution is -2.21. The molecular weight excluding hydrogens is 257 g/mol. The molecule has 0 atom stereocenters. The Morgan fingerprint density at radius 2 is 1.84 bits per heavy atom. The molecule has 2 N–H and O–H groups in total. The van der Waals surface area contributed by atoms with Crippen LogP contribution >= 0.6 is 0 Å². The number of alkyl halides is 3. The first-order valence-electron chi connectivity index (χ1n) is 6.01. The Morgan fingerprint density at radius 1 is 1.21 bits per heavy atom. The summed E-state index contributed by atoms with van der Waals surface area (Å²) >= 11 is 0. The van der Waals surface area contributed by atoms with Crippen molar-refractivity contribution < 1.29 is 18.0 Å². The second-order valence-corrected chi connectivity index (χ2v) is 4.15. The summed E-state index contributed by atoms with van der Waals surface area (Å²) < 4.78 is 37.0. The molecule has 0 saturated carbocycles. The van der Waals surface area contributed by atoms with Crippen LogP contribution in [0, 0.1) is 0 Å². The molecule has 106 valence electrons. The van der Waals surface area contributed by atoms with E-state index in [1.54, 1.807) is 7.05 Å². The van der Waals surface area contributed by atoms with Gasteiger partial charge in [-0.2, -0.15) is 13.2 Å². The minimum atomic E-state index is -4.29. The van der Waals surface area contributed by atoms with Crippen molar-refractivity contribution in [3.63, 3.8) is 0 Å². The molecule has 1 aromatic carbocycles. The van der Waals surface area contributed by atoms with Crippen LogP contribution in [-0.2, 0) is 17.5 Å². The summed E-state index contributed by atoms with van der Waals surface area (Å²) in [4.78, 5) is 10.9. The number of halogens is 3. The van der Waals surface area contributed by atoms with Crippen LogP contribution in [0.2, 0.25) is 0 Å². The van der Waals surface area contributed by atoms with E-state index in [0.717, 1.165) is 17.7 Å². The Balaban J connectivity index is 2.29. The van der Waals surface area contributed by atoms with Crippen LogP contribution in [0.5, 0.6) is 0 Å². The molecule has 19 heavy (non-hydrogen) atoms. The quantitative estimate of drug-likeness (QED) is 0.782. The van der Waals surface area contributed by atoms with E-state index in [-0.39, 0.29) is 5.91 Å². The highest BCUT2D eigenvalue weighted by atomic mass is 19.4. The minimum Gasteiger partial charge on any atom is -0.359 e. The molecular formula is C13H17F3N2O. The summed E-state index contributed by atoms with van der Waals surface area (Å²) in [5.41, 5.74) is 0.142. The normalized spacial score (nSPS) is 11.4. The van der Waals surface area contributed by atoms with Crippen molar-refractivity contribution in [2.24, 2.45) is 0 Å². The zero-order chi connectivity index (χ0) is 14.3. The van der Waals surface area contributed by atoms with E-state index < -0.39 is 11.7 Å². The summed E-state index contributed by atoms with van der Waals surface area (Å²) in [6, 6.07) is 5.05. The van der Waals surface area contributed by atoms with Gasteiger partial charge in [0.2, 0.25) is 5.91 Å². The van der Waals surface area contributed by atoms with Gasteiger partial charge in [0.15, 0.2) is 0 Å². The summed E-state index contributed by atoms with van der Waals surface area (Å²) in [5.74, 6) is -0.0173. The first-order chi connectivity index (χ1) is 8.93. The van der Waals surface area contributed by atoms with Gasteiger partial charge in [0.1, 0.15) is 0 Å². The average molecular weight is 274 g/mol. The van der Waals surface area contributed by atoms with E-state index in [4.69, 9.17) is 0 Å². The molecule has 0 unspecified atom stereocenters. The molecule has 1 rings (SSSR count). The maximum Gasteiger partial charge on any atom is 0.416 e. The van der Waals surface area contributed by atoms with Gasteiger partial charge in [-0.1, -0.05) is 12.1 Å². The van der Waals surface area contributed by atoms with Gasteiger partial charge in [-0.15, -0.1) is 0 Å². The highest BCUT2D eigenvalue weighted by Gasteiger charge is 2.29. The van der Waals surface area contributed by atoms with Crippen LogP contribution in [0.4, 0.5) is 13.2 Å². The van der Waals surface area contributed by atoms with Gasteiger partial charge in [-0.3, -0.25) is 4.79 Å². The molecule has 0 fully saturated rings. The molecule has 1 amide bonds. The van der Waals surface area contributed by atoms with Crippen molar-refractivity contribution in [2.75, 3.05) is 13.6 Å². The fourth-order valence-corrected chi connectivity index (χ4v) is 1.54. The molecule has 0 saturated heterocycles. The second-order valence-electron chi connectivity index (χ2n) is 4.15.